The van der Waals surface area contributed by atoms with Gasteiger partial charge in [-0.2, -0.15) is 21.2 Å². The van der Waals surface area contributed by atoms with Gasteiger partial charge in [-0.05, 0) is 47.5 Å². The van der Waals surface area contributed by atoms with Crippen molar-refractivity contribution >= 4 is 45.0 Å². The minimum atomic E-state index is -3.39. The molecule has 12 heteroatoms. The van der Waals surface area contributed by atoms with Gasteiger partial charge in [0.25, 0.3) is 0 Å². The second-order valence-corrected chi connectivity index (χ2v) is 16.3. The van der Waals surface area contributed by atoms with Gasteiger partial charge in [-0.3, -0.25) is 9.58 Å². The van der Waals surface area contributed by atoms with Crippen molar-refractivity contribution in [3.05, 3.63) is 110 Å². The van der Waals surface area contributed by atoms with Crippen LogP contribution in [0.4, 0.5) is 0 Å². The minimum absolute atomic E-state index is 0.230. The fourth-order valence-corrected chi connectivity index (χ4v) is 8.09. The Morgan fingerprint density at radius 1 is 0.938 bits per heavy atom. The average molecular weight is 725 g/mol. The van der Waals surface area contributed by atoms with E-state index in [1.54, 1.807) is 0 Å². The Kier molecular flexibility index (Phi) is 11.5. The topological polar surface area (TPSA) is 90.7 Å². The van der Waals surface area contributed by atoms with Gasteiger partial charge in [0, 0.05) is 96.7 Å². The zero-order valence-electron chi connectivity index (χ0n) is 26.8. The third-order valence-electron chi connectivity index (χ3n) is 8.63. The van der Waals surface area contributed by atoms with Gasteiger partial charge >= 0.3 is 0 Å². The van der Waals surface area contributed by atoms with Crippen molar-refractivity contribution < 1.29 is 13.5 Å². The molecule has 2 aliphatic heterocycles. The van der Waals surface area contributed by atoms with Gasteiger partial charge in [-0.25, -0.2) is 8.42 Å². The van der Waals surface area contributed by atoms with E-state index in [2.05, 4.69) is 34.2 Å². The Morgan fingerprint density at radius 3 is 2.31 bits per heavy atom. The third-order valence-corrected chi connectivity index (χ3v) is 11.4. The number of nitrogens with one attached hydrogen (secondary N) is 1. The van der Waals surface area contributed by atoms with Crippen molar-refractivity contribution in [3.8, 4) is 23.1 Å². The van der Waals surface area contributed by atoms with Crippen LogP contribution in [0, 0.1) is 11.8 Å². The zero-order chi connectivity index (χ0) is 33.7. The number of hydrogen-bond donors (Lipinski definition) is 2. The van der Waals surface area contributed by atoms with Gasteiger partial charge < -0.3 is 10.4 Å². The summed E-state index contributed by atoms with van der Waals surface area (Å²) in [6.45, 7) is 4.95. The molecular weight excluding hydrogens is 685 g/mol. The maximum absolute atomic E-state index is 12.5. The van der Waals surface area contributed by atoms with Crippen LogP contribution in [0.25, 0.3) is 11.3 Å². The molecule has 6 rings (SSSR count). The van der Waals surface area contributed by atoms with E-state index in [9.17, 15) is 13.5 Å². The van der Waals surface area contributed by atoms with E-state index in [1.807, 2.05) is 71.0 Å². The summed E-state index contributed by atoms with van der Waals surface area (Å²) >= 11 is 14.5. The molecule has 1 saturated heterocycles. The molecule has 1 fully saturated rings. The Labute approximate surface area is 297 Å². The zero-order valence-corrected chi connectivity index (χ0v) is 30.0. The molecule has 0 amide bonds. The normalized spacial score (nSPS) is 16.2. The molecule has 0 bridgehead atoms. The summed E-state index contributed by atoms with van der Waals surface area (Å²) in [7, 11) is -3.39. The first-order chi connectivity index (χ1) is 23.1. The molecule has 0 saturated carbocycles. The van der Waals surface area contributed by atoms with Gasteiger partial charge in [0.15, 0.2) is 0 Å². The van der Waals surface area contributed by atoms with Crippen molar-refractivity contribution in [3.63, 3.8) is 0 Å². The number of β-amino-alcohol motifs (C(OH)–C–C–N with tert-alkyl or cyclic N) is 1. The summed E-state index contributed by atoms with van der Waals surface area (Å²) in [5, 5.41) is 20.7. The highest BCUT2D eigenvalue weighted by Crippen LogP contribution is 2.33. The first-order valence-corrected chi connectivity index (χ1v) is 19.8. The van der Waals surface area contributed by atoms with E-state index in [-0.39, 0.29) is 6.54 Å². The van der Waals surface area contributed by atoms with Crippen LogP contribution >= 0.6 is 35.0 Å². The standard InChI is InChI=1S/C36H39Cl2N5O3S2/c1-48(45,46)42-15-14-35-33(25-42)36(40-43(35)24-32(44)23-41-16-18-47-19-17-41)30-10-13-34(38)29(20-30)9-6-26-2-4-27(5-3-26)21-39-22-28-7-11-31(37)12-8-28/h2-5,7-8,10-13,20,32,39,44H,14-19,21-25H2,1H3. The fourth-order valence-electron chi connectivity index (χ4n) is 6.04. The molecule has 0 radical (unpaired) electrons. The van der Waals surface area contributed by atoms with E-state index in [0.29, 0.717) is 42.3 Å². The van der Waals surface area contributed by atoms with Crippen LogP contribution in [0.2, 0.25) is 10.0 Å². The van der Waals surface area contributed by atoms with Crippen molar-refractivity contribution in [2.45, 2.75) is 38.7 Å². The second-order valence-electron chi connectivity index (χ2n) is 12.2. The maximum atomic E-state index is 12.5. The molecule has 0 aliphatic carbocycles. The summed E-state index contributed by atoms with van der Waals surface area (Å²) in [5.41, 5.74) is 7.16. The summed E-state index contributed by atoms with van der Waals surface area (Å²) in [4.78, 5) is 2.29. The molecule has 2 aliphatic rings. The third kappa shape index (κ3) is 9.03. The number of rotatable bonds is 10. The maximum Gasteiger partial charge on any atom is 0.211 e. The Hall–Kier alpha value is -2.85. The van der Waals surface area contributed by atoms with Gasteiger partial charge in [0.05, 0.1) is 29.6 Å². The minimum Gasteiger partial charge on any atom is -0.390 e. The van der Waals surface area contributed by atoms with Crippen molar-refractivity contribution in [1.29, 1.82) is 0 Å². The highest BCUT2D eigenvalue weighted by Gasteiger charge is 2.30. The number of nitrogens with zero attached hydrogens (tertiary/aromatic N) is 4. The lowest BCUT2D eigenvalue weighted by Crippen LogP contribution is -2.40. The SMILES string of the molecule is CS(=O)(=O)N1CCc2c(c(-c3ccc(Cl)c(C#Cc4ccc(CNCc5ccc(Cl)cc5)cc4)c3)nn2CC(O)CN2CCSCC2)C1. The number of aromatic nitrogens is 2. The smallest absolute Gasteiger partial charge is 0.211 e. The van der Waals surface area contributed by atoms with Crippen LogP contribution < -0.4 is 5.32 Å². The molecule has 252 valence electrons. The monoisotopic (exact) mass is 723 g/mol. The number of halogens is 2. The Morgan fingerprint density at radius 2 is 1.62 bits per heavy atom. The number of hydrogen-bond acceptors (Lipinski definition) is 7. The molecule has 1 unspecified atom stereocenters. The van der Waals surface area contributed by atoms with E-state index in [0.717, 1.165) is 70.7 Å². The number of aliphatic hydroxyl groups is 1. The number of benzene rings is 3. The Balaban J connectivity index is 1.19. The van der Waals surface area contributed by atoms with Crippen LogP contribution in [0.5, 0.6) is 0 Å². The van der Waals surface area contributed by atoms with Crippen LogP contribution in [0.1, 0.15) is 33.5 Å². The van der Waals surface area contributed by atoms with Crippen LogP contribution in [-0.2, 0) is 42.6 Å². The number of sulfonamides is 1. The first kappa shape index (κ1) is 35.0. The molecule has 3 aromatic carbocycles. The lowest BCUT2D eigenvalue weighted by molar-refractivity contribution is 0.0985. The predicted molar refractivity (Wildman–Crippen MR) is 196 cm³/mol. The summed E-state index contributed by atoms with van der Waals surface area (Å²) in [6.07, 6.45) is 1.17. The summed E-state index contributed by atoms with van der Waals surface area (Å²) in [6, 6.07) is 21.5. The summed E-state index contributed by atoms with van der Waals surface area (Å²) in [5.74, 6) is 8.61. The van der Waals surface area contributed by atoms with Crippen molar-refractivity contribution in [2.75, 3.05) is 43.9 Å². The van der Waals surface area contributed by atoms with Crippen LogP contribution in [-0.4, -0.2) is 82.6 Å². The average Bonchev–Trinajstić information content (AvgIpc) is 3.43. The number of thioether (sulfide) groups is 1. The quantitative estimate of drug-likeness (QED) is 0.216. The number of aliphatic hydroxyl groups excluding tert-OH is 1. The second kappa shape index (κ2) is 15.8. The molecule has 8 nitrogen and oxygen atoms in total. The van der Waals surface area contributed by atoms with Crippen molar-refractivity contribution in [1.82, 2.24) is 24.3 Å². The van der Waals surface area contributed by atoms with Gasteiger partial charge in [0.1, 0.15) is 0 Å². The largest absolute Gasteiger partial charge is 0.390 e. The molecule has 1 aromatic heterocycles. The van der Waals surface area contributed by atoms with Gasteiger partial charge in [-0.1, -0.05) is 65.4 Å². The van der Waals surface area contributed by atoms with E-state index >= 15 is 0 Å². The lowest BCUT2D eigenvalue weighted by Gasteiger charge is -2.29. The van der Waals surface area contributed by atoms with Crippen LogP contribution in [0.15, 0.2) is 66.7 Å². The first-order valence-electron chi connectivity index (χ1n) is 16.0. The Bertz CT molecular complexity index is 1900. The van der Waals surface area contributed by atoms with E-state index in [1.165, 1.54) is 16.1 Å². The van der Waals surface area contributed by atoms with Gasteiger partial charge in [0.2, 0.25) is 10.0 Å². The molecule has 1 atom stereocenters. The van der Waals surface area contributed by atoms with Crippen LogP contribution in [0.3, 0.4) is 0 Å². The fraction of sp³-hybridized carbons (Fsp3) is 0.361. The summed E-state index contributed by atoms with van der Waals surface area (Å²) < 4.78 is 28.4. The predicted octanol–water partition coefficient (Wildman–Crippen LogP) is 5.27. The number of fused-ring (bicyclic) bond motifs is 1. The lowest BCUT2D eigenvalue weighted by atomic mass is 10.0. The molecular formula is C36H39Cl2N5O3S2. The van der Waals surface area contributed by atoms with E-state index in [4.69, 9.17) is 28.3 Å². The molecule has 4 aromatic rings. The van der Waals surface area contributed by atoms with Gasteiger partial charge in [-0.15, -0.1) is 0 Å². The van der Waals surface area contributed by atoms with Crippen molar-refractivity contribution in [2.24, 2.45) is 0 Å². The molecule has 3 heterocycles. The highest BCUT2D eigenvalue weighted by molar-refractivity contribution is 7.99. The molecule has 48 heavy (non-hydrogen) atoms. The van der Waals surface area contributed by atoms with E-state index < -0.39 is 16.1 Å². The molecule has 2 N–H and O–H groups in total. The highest BCUT2D eigenvalue weighted by atomic mass is 35.5. The molecule has 0 spiro atoms.